The molecule has 1 aromatic rings. The summed E-state index contributed by atoms with van der Waals surface area (Å²) >= 11 is 5.39. The van der Waals surface area contributed by atoms with Crippen LogP contribution in [0.1, 0.15) is 0 Å². The van der Waals surface area contributed by atoms with Crippen LogP contribution in [0.3, 0.4) is 0 Å². The fourth-order valence-corrected chi connectivity index (χ4v) is 0.787. The quantitative estimate of drug-likeness (QED) is 0.353. The Morgan fingerprint density at radius 2 is 2.27 bits per heavy atom. The van der Waals surface area contributed by atoms with Crippen molar-refractivity contribution in [1.29, 1.82) is 0 Å². The summed E-state index contributed by atoms with van der Waals surface area (Å²) in [5.41, 5.74) is 7.90. The van der Waals surface area contributed by atoms with E-state index in [4.69, 9.17) is 17.1 Å². The first-order valence-corrected chi connectivity index (χ1v) is 3.12. The van der Waals surface area contributed by atoms with Crippen molar-refractivity contribution < 1.29 is 4.39 Å². The Labute approximate surface area is 67.0 Å². The summed E-state index contributed by atoms with van der Waals surface area (Å²) in [7, 11) is 0. The van der Waals surface area contributed by atoms with Crippen molar-refractivity contribution in [3.8, 4) is 0 Å². The van der Waals surface area contributed by atoms with Gasteiger partial charge in [-0.1, -0.05) is 22.8 Å². The highest BCUT2D eigenvalue weighted by Crippen LogP contribution is 2.24. The third-order valence-electron chi connectivity index (χ3n) is 1.08. The average molecular weight is 172 g/mol. The van der Waals surface area contributed by atoms with Gasteiger partial charge < -0.3 is 0 Å². The van der Waals surface area contributed by atoms with Crippen molar-refractivity contribution in [3.05, 3.63) is 39.5 Å². The molecular formula is C6H3ClFN3. The molecule has 0 aliphatic carbocycles. The number of benzene rings is 1. The van der Waals surface area contributed by atoms with Gasteiger partial charge in [-0.2, -0.15) is 0 Å². The lowest BCUT2D eigenvalue weighted by Crippen LogP contribution is -1.75. The topological polar surface area (TPSA) is 48.8 Å². The van der Waals surface area contributed by atoms with Crippen LogP contribution >= 0.6 is 11.6 Å². The normalized spacial score (nSPS) is 8.91. The van der Waals surface area contributed by atoms with Gasteiger partial charge >= 0.3 is 0 Å². The number of hydrogen-bond acceptors (Lipinski definition) is 1. The predicted molar refractivity (Wildman–Crippen MR) is 40.2 cm³/mol. The molecule has 1 aromatic carbocycles. The van der Waals surface area contributed by atoms with Gasteiger partial charge in [-0.3, -0.25) is 0 Å². The summed E-state index contributed by atoms with van der Waals surface area (Å²) in [6, 6.07) is 4.24. The van der Waals surface area contributed by atoms with E-state index in [9.17, 15) is 4.39 Å². The summed E-state index contributed by atoms with van der Waals surface area (Å²) in [4.78, 5) is 2.43. The molecule has 11 heavy (non-hydrogen) atoms. The van der Waals surface area contributed by atoms with Crippen LogP contribution < -0.4 is 0 Å². The molecule has 0 heterocycles. The van der Waals surface area contributed by atoms with Crippen LogP contribution in [0.2, 0.25) is 5.02 Å². The molecule has 0 aliphatic heterocycles. The molecule has 0 aromatic heterocycles. The molecule has 0 N–H and O–H groups in total. The van der Waals surface area contributed by atoms with E-state index in [1.54, 1.807) is 0 Å². The molecule has 5 heteroatoms. The Balaban J connectivity index is 3.26. The molecule has 0 saturated carbocycles. The zero-order chi connectivity index (χ0) is 8.27. The Morgan fingerprint density at radius 1 is 1.55 bits per heavy atom. The van der Waals surface area contributed by atoms with E-state index in [1.807, 2.05) is 0 Å². The molecule has 0 bridgehead atoms. The van der Waals surface area contributed by atoms with Crippen LogP contribution in [-0.4, -0.2) is 0 Å². The van der Waals surface area contributed by atoms with E-state index in [2.05, 4.69) is 10.0 Å². The summed E-state index contributed by atoms with van der Waals surface area (Å²) in [6.07, 6.45) is 0. The summed E-state index contributed by atoms with van der Waals surface area (Å²) in [5, 5.41) is 3.04. The molecule has 0 atom stereocenters. The highest BCUT2D eigenvalue weighted by Gasteiger charge is 2.02. The van der Waals surface area contributed by atoms with Crippen molar-refractivity contribution in [2.45, 2.75) is 0 Å². The molecule has 56 valence electrons. The fraction of sp³-hybridized carbons (Fsp3) is 0. The summed E-state index contributed by atoms with van der Waals surface area (Å²) in [5.74, 6) is -0.688. The third-order valence-corrected chi connectivity index (χ3v) is 1.38. The van der Waals surface area contributed by atoms with Gasteiger partial charge in [0.05, 0.1) is 10.7 Å². The predicted octanol–water partition coefficient (Wildman–Crippen LogP) is 3.42. The lowest BCUT2D eigenvalue weighted by Gasteiger charge is -1.94. The van der Waals surface area contributed by atoms with Crippen molar-refractivity contribution in [2.75, 3.05) is 0 Å². The maximum Gasteiger partial charge on any atom is 0.151 e. The molecule has 0 saturated heterocycles. The number of nitrogens with zero attached hydrogens (tertiary/aromatic N) is 3. The van der Waals surface area contributed by atoms with Crippen molar-refractivity contribution in [1.82, 2.24) is 0 Å². The van der Waals surface area contributed by atoms with Crippen LogP contribution in [0.15, 0.2) is 23.3 Å². The second-order valence-corrected chi connectivity index (χ2v) is 2.17. The van der Waals surface area contributed by atoms with Gasteiger partial charge in [-0.15, -0.1) is 0 Å². The molecular weight excluding hydrogens is 169 g/mol. The lowest BCUT2D eigenvalue weighted by molar-refractivity contribution is 0.630. The Bertz CT molecular complexity index is 320. The zero-order valence-electron chi connectivity index (χ0n) is 5.33. The molecule has 0 amide bonds. The summed E-state index contributed by atoms with van der Waals surface area (Å²) in [6.45, 7) is 0. The van der Waals surface area contributed by atoms with E-state index in [-0.39, 0.29) is 10.7 Å². The van der Waals surface area contributed by atoms with E-state index >= 15 is 0 Å². The molecule has 0 unspecified atom stereocenters. The molecule has 0 radical (unpaired) electrons. The largest absolute Gasteiger partial charge is 0.205 e. The van der Waals surface area contributed by atoms with Crippen LogP contribution in [0.4, 0.5) is 10.1 Å². The van der Waals surface area contributed by atoms with Gasteiger partial charge in [0.25, 0.3) is 0 Å². The maximum atomic E-state index is 12.8. The first-order valence-electron chi connectivity index (χ1n) is 2.75. The van der Waals surface area contributed by atoms with Gasteiger partial charge in [0.1, 0.15) is 0 Å². The van der Waals surface area contributed by atoms with Gasteiger partial charge in [0.15, 0.2) is 5.82 Å². The molecule has 0 aliphatic rings. The number of hydrogen-bond donors (Lipinski definition) is 0. The number of halogens is 2. The highest BCUT2D eigenvalue weighted by molar-refractivity contribution is 6.31. The molecule has 1 rings (SSSR count). The Morgan fingerprint density at radius 3 is 2.91 bits per heavy atom. The minimum atomic E-state index is -0.688. The van der Waals surface area contributed by atoms with Crippen LogP contribution in [0.5, 0.6) is 0 Å². The van der Waals surface area contributed by atoms with E-state index < -0.39 is 5.82 Å². The van der Waals surface area contributed by atoms with Gasteiger partial charge in [0, 0.05) is 4.91 Å². The van der Waals surface area contributed by atoms with Crippen molar-refractivity contribution >= 4 is 17.3 Å². The van der Waals surface area contributed by atoms with Gasteiger partial charge in [0.2, 0.25) is 0 Å². The van der Waals surface area contributed by atoms with Crippen molar-refractivity contribution in [2.24, 2.45) is 5.11 Å². The second kappa shape index (κ2) is 3.23. The maximum absolute atomic E-state index is 12.8. The highest BCUT2D eigenvalue weighted by atomic mass is 35.5. The summed E-state index contributed by atoms with van der Waals surface area (Å²) < 4.78 is 12.8. The Kier molecular flexibility index (Phi) is 2.31. The lowest BCUT2D eigenvalue weighted by atomic mass is 10.3. The monoisotopic (exact) mass is 171 g/mol. The first kappa shape index (κ1) is 7.85. The average Bonchev–Trinajstić information content (AvgIpc) is 1.99. The molecule has 0 spiro atoms. The van der Waals surface area contributed by atoms with Crippen molar-refractivity contribution in [3.63, 3.8) is 0 Å². The SMILES string of the molecule is [N-]=[N+]=Nc1cccc(Cl)c1F. The fourth-order valence-electron chi connectivity index (χ4n) is 0.618. The van der Waals surface area contributed by atoms with E-state index in [0.717, 1.165) is 0 Å². The minimum absolute atomic E-state index is 0.0464. The number of azide groups is 1. The smallest absolute Gasteiger partial charge is 0.151 e. The second-order valence-electron chi connectivity index (χ2n) is 1.76. The van der Waals surface area contributed by atoms with E-state index in [0.29, 0.717) is 0 Å². The van der Waals surface area contributed by atoms with Crippen LogP contribution in [0.25, 0.3) is 10.4 Å². The molecule has 0 fully saturated rings. The number of rotatable bonds is 1. The Hall–Kier alpha value is -1.25. The van der Waals surface area contributed by atoms with Crippen LogP contribution in [0, 0.1) is 5.82 Å². The van der Waals surface area contributed by atoms with E-state index in [1.165, 1.54) is 18.2 Å². The molecule has 3 nitrogen and oxygen atoms in total. The zero-order valence-corrected chi connectivity index (χ0v) is 6.09. The van der Waals surface area contributed by atoms with Gasteiger partial charge in [-0.05, 0) is 17.7 Å². The third kappa shape index (κ3) is 1.61. The first-order chi connectivity index (χ1) is 5.25. The minimum Gasteiger partial charge on any atom is -0.205 e. The standard InChI is InChI=1S/C6H3ClFN3/c7-4-2-1-3-5(6(4)8)10-11-9/h1-3H. The van der Waals surface area contributed by atoms with Gasteiger partial charge in [-0.25, -0.2) is 4.39 Å². The van der Waals surface area contributed by atoms with Crippen LogP contribution in [-0.2, 0) is 0 Å².